The molecule has 152 valence electrons. The molecule has 0 amide bonds. The Morgan fingerprint density at radius 3 is 2.24 bits per heavy atom. The zero-order chi connectivity index (χ0) is 21.2. The molecule has 0 spiro atoms. The molecule has 6 nitrogen and oxygen atoms in total. The maximum atomic E-state index is 13.4. The van der Waals surface area contributed by atoms with Crippen molar-refractivity contribution in [3.05, 3.63) is 83.2 Å². The van der Waals surface area contributed by atoms with Gasteiger partial charge in [-0.25, -0.2) is 17.6 Å². The first-order valence-corrected chi connectivity index (χ1v) is 10.8. The third kappa shape index (κ3) is 4.28. The van der Waals surface area contributed by atoms with Crippen LogP contribution in [0.1, 0.15) is 28.9 Å². The number of ketones is 1. The van der Waals surface area contributed by atoms with Crippen molar-refractivity contribution in [1.29, 1.82) is 0 Å². The van der Waals surface area contributed by atoms with Crippen LogP contribution in [0.15, 0.2) is 66.2 Å². The molecule has 1 aliphatic rings. The summed E-state index contributed by atoms with van der Waals surface area (Å²) in [6.07, 6.45) is 2.37. The highest BCUT2D eigenvalue weighted by molar-refractivity contribution is 7.88. The van der Waals surface area contributed by atoms with Crippen molar-refractivity contribution in [2.75, 3.05) is 12.9 Å². The number of benzene rings is 2. The molecule has 0 aliphatic carbocycles. The second-order valence-electron chi connectivity index (χ2n) is 6.56. The molecule has 2 aromatic carbocycles. The minimum Gasteiger partial charge on any atom is -0.463 e. The summed E-state index contributed by atoms with van der Waals surface area (Å²) >= 11 is 0. The lowest BCUT2D eigenvalue weighted by Crippen LogP contribution is -2.44. The number of hydrogen-bond acceptors (Lipinski definition) is 5. The highest BCUT2D eigenvalue weighted by atomic mass is 32.2. The van der Waals surface area contributed by atoms with Crippen molar-refractivity contribution in [2.24, 2.45) is 0 Å². The first kappa shape index (κ1) is 20.9. The Morgan fingerprint density at radius 1 is 1.07 bits per heavy atom. The number of ether oxygens (including phenoxy) is 1. The summed E-state index contributed by atoms with van der Waals surface area (Å²) < 4.78 is 44.7. The van der Waals surface area contributed by atoms with Crippen molar-refractivity contribution in [3.63, 3.8) is 0 Å². The first-order chi connectivity index (χ1) is 13.7. The molecule has 2 atom stereocenters. The van der Waals surface area contributed by atoms with Gasteiger partial charge in [0.2, 0.25) is 10.0 Å². The molecule has 0 fully saturated rings. The molecule has 0 saturated carbocycles. The van der Waals surface area contributed by atoms with Gasteiger partial charge in [0, 0.05) is 5.56 Å². The van der Waals surface area contributed by atoms with Crippen LogP contribution < -0.4 is 0 Å². The molecule has 0 aromatic heterocycles. The van der Waals surface area contributed by atoms with E-state index >= 15 is 0 Å². The monoisotopic (exact) mass is 417 g/mol. The first-order valence-electron chi connectivity index (χ1n) is 8.96. The van der Waals surface area contributed by atoms with E-state index in [0.717, 1.165) is 10.6 Å². The smallest absolute Gasteiger partial charge is 0.335 e. The Balaban J connectivity index is 2.16. The predicted molar refractivity (Wildman–Crippen MR) is 105 cm³/mol. The lowest BCUT2D eigenvalue weighted by Gasteiger charge is -2.28. The quantitative estimate of drug-likeness (QED) is 0.533. The van der Waals surface area contributed by atoms with E-state index in [0.29, 0.717) is 5.56 Å². The number of sulfonamides is 1. The van der Waals surface area contributed by atoms with Crippen molar-refractivity contribution in [1.82, 2.24) is 4.31 Å². The molecule has 0 bridgehead atoms. The Kier molecular flexibility index (Phi) is 5.95. The fourth-order valence-corrected chi connectivity index (χ4v) is 4.53. The second kappa shape index (κ2) is 8.26. The standard InChI is InChI=1S/C21H20FNO5S/c1-3-28-21(25)17-13-18(14-9-11-16(22)12-10-14)23(29(2,26)27)19(17)20(24)15-7-5-4-6-8-15/h4-13,18-19H,3H2,1-2H3. The summed E-state index contributed by atoms with van der Waals surface area (Å²) in [4.78, 5) is 25.8. The molecule has 3 rings (SSSR count). The van der Waals surface area contributed by atoms with Crippen molar-refractivity contribution >= 4 is 21.8 Å². The van der Waals surface area contributed by atoms with Crippen molar-refractivity contribution in [2.45, 2.75) is 19.0 Å². The normalized spacial score (nSPS) is 19.6. The number of hydrogen-bond donors (Lipinski definition) is 0. The predicted octanol–water partition coefficient (Wildman–Crippen LogP) is 2.88. The van der Waals surface area contributed by atoms with Crippen LogP contribution in [-0.2, 0) is 19.6 Å². The average molecular weight is 417 g/mol. The summed E-state index contributed by atoms with van der Waals surface area (Å²) in [5.74, 6) is -1.79. The number of Topliss-reactive ketones (excluding diaryl/α,β-unsaturated/α-hetero) is 1. The Bertz CT molecular complexity index is 1050. The number of carbonyl (C=O) groups is 2. The summed E-state index contributed by atoms with van der Waals surface area (Å²) in [7, 11) is -3.93. The summed E-state index contributed by atoms with van der Waals surface area (Å²) in [5.41, 5.74) is 0.642. The fraction of sp³-hybridized carbons (Fsp3) is 0.238. The highest BCUT2D eigenvalue weighted by Gasteiger charge is 2.47. The molecule has 0 radical (unpaired) electrons. The highest BCUT2D eigenvalue weighted by Crippen LogP contribution is 2.39. The van der Waals surface area contributed by atoms with E-state index in [9.17, 15) is 22.4 Å². The van der Waals surface area contributed by atoms with Crippen LogP contribution in [0, 0.1) is 5.82 Å². The van der Waals surface area contributed by atoms with E-state index in [1.54, 1.807) is 37.3 Å². The number of nitrogens with zero attached hydrogens (tertiary/aromatic N) is 1. The molecular weight excluding hydrogens is 397 g/mol. The van der Waals surface area contributed by atoms with E-state index < -0.39 is 39.7 Å². The molecule has 29 heavy (non-hydrogen) atoms. The summed E-state index contributed by atoms with van der Waals surface area (Å²) in [5, 5.41) is 0. The fourth-order valence-electron chi connectivity index (χ4n) is 3.34. The average Bonchev–Trinajstić information content (AvgIpc) is 3.10. The summed E-state index contributed by atoms with van der Waals surface area (Å²) in [6, 6.07) is 11.1. The van der Waals surface area contributed by atoms with Crippen LogP contribution in [0.5, 0.6) is 0 Å². The molecular formula is C21H20FNO5S. The van der Waals surface area contributed by atoms with Crippen LogP contribution in [0.25, 0.3) is 0 Å². The molecule has 1 aliphatic heterocycles. The minimum absolute atomic E-state index is 0.0551. The van der Waals surface area contributed by atoms with Gasteiger partial charge < -0.3 is 4.74 Å². The number of carbonyl (C=O) groups excluding carboxylic acids is 2. The van der Waals surface area contributed by atoms with Crippen molar-refractivity contribution in [3.8, 4) is 0 Å². The van der Waals surface area contributed by atoms with Gasteiger partial charge in [-0.3, -0.25) is 4.79 Å². The third-order valence-corrected chi connectivity index (χ3v) is 5.78. The van der Waals surface area contributed by atoms with Crippen LogP contribution in [-0.4, -0.2) is 43.4 Å². The Labute approximate surface area is 168 Å². The lowest BCUT2D eigenvalue weighted by atomic mass is 9.99. The van der Waals surface area contributed by atoms with Crippen LogP contribution in [0.4, 0.5) is 4.39 Å². The molecule has 8 heteroatoms. The van der Waals surface area contributed by atoms with Gasteiger partial charge in [-0.2, -0.15) is 4.31 Å². The zero-order valence-electron chi connectivity index (χ0n) is 15.9. The van der Waals surface area contributed by atoms with Crippen LogP contribution >= 0.6 is 0 Å². The van der Waals surface area contributed by atoms with E-state index in [1.165, 1.54) is 30.3 Å². The molecule has 2 unspecified atom stereocenters. The van der Waals surface area contributed by atoms with Crippen molar-refractivity contribution < 1.29 is 27.1 Å². The van der Waals surface area contributed by atoms with Gasteiger partial charge in [0.15, 0.2) is 5.78 Å². The number of rotatable bonds is 6. The summed E-state index contributed by atoms with van der Waals surface area (Å²) in [6.45, 7) is 1.69. The maximum Gasteiger partial charge on any atom is 0.335 e. The SMILES string of the molecule is CCOC(=O)C1=CC(c2ccc(F)cc2)N(S(C)(=O)=O)C1C(=O)c1ccccc1. The molecule has 0 saturated heterocycles. The van der Waals surface area contributed by atoms with E-state index in [-0.39, 0.29) is 17.7 Å². The molecule has 0 N–H and O–H groups in total. The van der Waals surface area contributed by atoms with Crippen LogP contribution in [0.2, 0.25) is 0 Å². The van der Waals surface area contributed by atoms with E-state index in [1.807, 2.05) is 0 Å². The minimum atomic E-state index is -3.93. The lowest BCUT2D eigenvalue weighted by molar-refractivity contribution is -0.138. The van der Waals surface area contributed by atoms with Crippen LogP contribution in [0.3, 0.4) is 0 Å². The topological polar surface area (TPSA) is 80.8 Å². The molecule has 1 heterocycles. The van der Waals surface area contributed by atoms with Gasteiger partial charge in [-0.15, -0.1) is 0 Å². The molecule has 2 aromatic rings. The zero-order valence-corrected chi connectivity index (χ0v) is 16.7. The Morgan fingerprint density at radius 2 is 1.69 bits per heavy atom. The van der Waals surface area contributed by atoms with Gasteiger partial charge >= 0.3 is 5.97 Å². The largest absolute Gasteiger partial charge is 0.463 e. The third-order valence-electron chi connectivity index (χ3n) is 4.57. The van der Waals surface area contributed by atoms with E-state index in [2.05, 4.69) is 0 Å². The van der Waals surface area contributed by atoms with Gasteiger partial charge in [-0.05, 0) is 30.7 Å². The van der Waals surface area contributed by atoms with E-state index in [4.69, 9.17) is 4.74 Å². The number of halogens is 1. The van der Waals surface area contributed by atoms with Gasteiger partial charge in [0.05, 0.1) is 24.5 Å². The number of esters is 1. The van der Waals surface area contributed by atoms with Gasteiger partial charge in [0.1, 0.15) is 11.9 Å². The second-order valence-corrected chi connectivity index (χ2v) is 8.45. The van der Waals surface area contributed by atoms with Gasteiger partial charge in [-0.1, -0.05) is 42.5 Å². The maximum absolute atomic E-state index is 13.4. The Hall–Kier alpha value is -2.84. The van der Waals surface area contributed by atoms with Gasteiger partial charge in [0.25, 0.3) is 0 Å².